The largest absolute Gasteiger partial charge is 0.379 e. The molecule has 12 heteroatoms. The molecule has 2 heterocycles. The average molecular weight is 463 g/mol. The minimum absolute atomic E-state index is 0.0229. The molecule has 1 aromatic carbocycles. The van der Waals surface area contributed by atoms with Crippen LogP contribution < -0.4 is 0 Å². The Bertz CT molecular complexity index is 1100. The van der Waals surface area contributed by atoms with Gasteiger partial charge in [-0.1, -0.05) is 5.92 Å². The van der Waals surface area contributed by atoms with Gasteiger partial charge in [-0.15, -0.1) is 6.42 Å². The van der Waals surface area contributed by atoms with E-state index in [1.54, 1.807) is 0 Å². The first-order chi connectivity index (χ1) is 13.6. The second-order valence-corrected chi connectivity index (χ2v) is 12.9. The number of terminal acetylenes is 1. The first kappa shape index (κ1) is 22.2. The third-order valence-corrected chi connectivity index (χ3v) is 10.5. The van der Waals surface area contributed by atoms with Crippen LogP contribution in [0.4, 0.5) is 0 Å². The van der Waals surface area contributed by atoms with Crippen LogP contribution >= 0.6 is 0 Å². The SMILES string of the molecule is C#CCN(C1CCS(=O)(=O)C1)S(=O)(=O)c1ccc(S(=O)(=O)N2CCOCC2)cc1. The molecule has 0 radical (unpaired) electrons. The molecule has 1 atom stereocenters. The van der Waals surface area contributed by atoms with Crippen LogP contribution in [-0.2, 0) is 34.6 Å². The number of rotatable bonds is 6. The van der Waals surface area contributed by atoms with E-state index in [0.29, 0.717) is 13.2 Å². The molecule has 0 spiro atoms. The van der Waals surface area contributed by atoms with Crippen LogP contribution in [0.2, 0.25) is 0 Å². The molecule has 2 aliphatic heterocycles. The summed E-state index contributed by atoms with van der Waals surface area (Å²) in [6.07, 6.45) is 5.48. The summed E-state index contributed by atoms with van der Waals surface area (Å²) in [5.74, 6) is 1.89. The number of morpholine rings is 1. The summed E-state index contributed by atoms with van der Waals surface area (Å²) in [4.78, 5) is -0.164. The van der Waals surface area contributed by atoms with Gasteiger partial charge in [0.25, 0.3) is 0 Å². The highest BCUT2D eigenvalue weighted by Gasteiger charge is 2.38. The fourth-order valence-electron chi connectivity index (χ4n) is 3.36. The lowest BCUT2D eigenvalue weighted by atomic mass is 10.3. The molecule has 2 fully saturated rings. The summed E-state index contributed by atoms with van der Waals surface area (Å²) in [6.45, 7) is 0.799. The maximum Gasteiger partial charge on any atom is 0.244 e. The van der Waals surface area contributed by atoms with Crippen molar-refractivity contribution >= 4 is 29.9 Å². The summed E-state index contributed by atoms with van der Waals surface area (Å²) >= 11 is 0. The van der Waals surface area contributed by atoms with Crippen molar-refractivity contribution < 1.29 is 30.0 Å². The normalized spacial score (nSPS) is 23.1. The van der Waals surface area contributed by atoms with Crippen molar-refractivity contribution in [2.24, 2.45) is 0 Å². The van der Waals surface area contributed by atoms with Gasteiger partial charge in [0.05, 0.1) is 41.1 Å². The van der Waals surface area contributed by atoms with E-state index in [1.807, 2.05) is 0 Å². The highest BCUT2D eigenvalue weighted by Crippen LogP contribution is 2.26. The van der Waals surface area contributed by atoms with Crippen LogP contribution in [0.1, 0.15) is 6.42 Å². The van der Waals surface area contributed by atoms with E-state index in [2.05, 4.69) is 5.92 Å². The number of benzene rings is 1. The van der Waals surface area contributed by atoms with Gasteiger partial charge in [-0.2, -0.15) is 8.61 Å². The number of hydrogen-bond donors (Lipinski definition) is 0. The van der Waals surface area contributed by atoms with E-state index in [1.165, 1.54) is 28.6 Å². The summed E-state index contributed by atoms with van der Waals surface area (Å²) < 4.78 is 82.4. The van der Waals surface area contributed by atoms with Crippen molar-refractivity contribution in [1.82, 2.24) is 8.61 Å². The van der Waals surface area contributed by atoms with Gasteiger partial charge >= 0.3 is 0 Å². The average Bonchev–Trinajstić information content (AvgIpc) is 3.06. The number of nitrogens with zero attached hydrogens (tertiary/aromatic N) is 2. The van der Waals surface area contributed by atoms with E-state index in [4.69, 9.17) is 11.2 Å². The standard InChI is InChI=1S/C17H22N2O7S3/c1-2-8-19(15-7-13-27(20,21)14-15)29(24,25)17-5-3-16(4-6-17)28(22,23)18-9-11-26-12-10-18/h1,3-6,15H,7-14H2. The number of sulfonamides is 2. The Labute approximate surface area is 171 Å². The van der Waals surface area contributed by atoms with Gasteiger partial charge in [0.2, 0.25) is 20.0 Å². The second-order valence-electron chi connectivity index (χ2n) is 6.80. The molecule has 0 bridgehead atoms. The molecular weight excluding hydrogens is 440 g/mol. The van der Waals surface area contributed by atoms with E-state index in [0.717, 1.165) is 4.31 Å². The smallest absolute Gasteiger partial charge is 0.244 e. The summed E-state index contributed by atoms with van der Waals surface area (Å²) in [5.41, 5.74) is 0. The second kappa shape index (κ2) is 8.33. The van der Waals surface area contributed by atoms with Crippen molar-refractivity contribution in [3.63, 3.8) is 0 Å². The molecule has 2 saturated heterocycles. The third-order valence-electron chi connectivity index (χ3n) is 4.90. The zero-order valence-electron chi connectivity index (χ0n) is 15.6. The van der Waals surface area contributed by atoms with Crippen molar-refractivity contribution in [3.8, 4) is 12.3 Å². The highest BCUT2D eigenvalue weighted by molar-refractivity contribution is 7.92. The monoisotopic (exact) mass is 462 g/mol. The van der Waals surface area contributed by atoms with Crippen molar-refractivity contribution in [3.05, 3.63) is 24.3 Å². The molecule has 0 aromatic heterocycles. The first-order valence-electron chi connectivity index (χ1n) is 8.92. The maximum atomic E-state index is 13.0. The molecule has 160 valence electrons. The Morgan fingerprint density at radius 3 is 2.21 bits per heavy atom. The molecule has 0 saturated carbocycles. The zero-order chi connectivity index (χ0) is 21.3. The van der Waals surface area contributed by atoms with Gasteiger partial charge in [-0.25, -0.2) is 25.3 Å². The van der Waals surface area contributed by atoms with Gasteiger partial charge < -0.3 is 4.74 Å². The quantitative estimate of drug-likeness (QED) is 0.524. The molecule has 2 aliphatic rings. The van der Waals surface area contributed by atoms with Crippen LogP contribution in [0.5, 0.6) is 0 Å². The minimum Gasteiger partial charge on any atom is -0.379 e. The van der Waals surface area contributed by atoms with Gasteiger partial charge in [-0.3, -0.25) is 0 Å². The molecule has 29 heavy (non-hydrogen) atoms. The zero-order valence-corrected chi connectivity index (χ0v) is 18.0. The van der Waals surface area contributed by atoms with Crippen LogP contribution in [0.25, 0.3) is 0 Å². The van der Waals surface area contributed by atoms with Gasteiger partial charge in [0.15, 0.2) is 9.84 Å². The molecule has 3 rings (SSSR count). The predicted octanol–water partition coefficient (Wildman–Crippen LogP) is -0.481. The van der Waals surface area contributed by atoms with Crippen LogP contribution in [0.15, 0.2) is 34.1 Å². The Hall–Kier alpha value is -1.49. The van der Waals surface area contributed by atoms with E-state index in [-0.39, 0.29) is 47.4 Å². The Morgan fingerprint density at radius 2 is 1.69 bits per heavy atom. The van der Waals surface area contributed by atoms with Crippen molar-refractivity contribution in [2.45, 2.75) is 22.3 Å². The number of sulfone groups is 1. The van der Waals surface area contributed by atoms with Crippen molar-refractivity contribution in [2.75, 3.05) is 44.4 Å². The van der Waals surface area contributed by atoms with Gasteiger partial charge in [0, 0.05) is 19.1 Å². The lowest BCUT2D eigenvalue weighted by molar-refractivity contribution is 0.0730. The molecule has 0 N–H and O–H groups in total. The fourth-order valence-corrected chi connectivity index (χ4v) is 8.16. The van der Waals surface area contributed by atoms with Crippen LogP contribution in [0.3, 0.4) is 0 Å². The van der Waals surface area contributed by atoms with E-state index in [9.17, 15) is 25.3 Å². The minimum atomic E-state index is -4.09. The lowest BCUT2D eigenvalue weighted by Crippen LogP contribution is -2.41. The topological polar surface area (TPSA) is 118 Å². The summed E-state index contributed by atoms with van der Waals surface area (Å²) in [7, 11) is -11.1. The Morgan fingerprint density at radius 1 is 1.10 bits per heavy atom. The number of hydrogen-bond acceptors (Lipinski definition) is 7. The summed E-state index contributed by atoms with van der Waals surface area (Å²) in [5, 5.41) is 0. The molecule has 9 nitrogen and oxygen atoms in total. The molecule has 0 amide bonds. The van der Waals surface area contributed by atoms with Crippen molar-refractivity contribution in [1.29, 1.82) is 0 Å². The lowest BCUT2D eigenvalue weighted by Gasteiger charge is -2.27. The molecule has 1 unspecified atom stereocenters. The van der Waals surface area contributed by atoms with Gasteiger partial charge in [0.1, 0.15) is 0 Å². The van der Waals surface area contributed by atoms with Crippen LogP contribution in [0, 0.1) is 12.3 Å². The third kappa shape index (κ3) is 4.65. The maximum absolute atomic E-state index is 13.0. The van der Waals surface area contributed by atoms with E-state index < -0.39 is 35.9 Å². The summed E-state index contributed by atoms with van der Waals surface area (Å²) in [6, 6.07) is 4.14. The molecular formula is C17H22N2O7S3. The van der Waals surface area contributed by atoms with Gasteiger partial charge in [-0.05, 0) is 30.7 Å². The molecule has 0 aliphatic carbocycles. The molecule has 1 aromatic rings. The van der Waals surface area contributed by atoms with E-state index >= 15 is 0 Å². The first-order valence-corrected chi connectivity index (χ1v) is 13.6. The highest BCUT2D eigenvalue weighted by atomic mass is 32.2. The Balaban J connectivity index is 1.88. The predicted molar refractivity (Wildman–Crippen MR) is 106 cm³/mol. The Kier molecular flexibility index (Phi) is 6.38. The number of ether oxygens (including phenoxy) is 1. The van der Waals surface area contributed by atoms with Crippen LogP contribution in [-0.4, -0.2) is 84.3 Å². The fraction of sp³-hybridized carbons (Fsp3) is 0.529.